The Morgan fingerprint density at radius 1 is 1.03 bits per heavy atom. The number of nitrogens with zero attached hydrogens (tertiary/aromatic N) is 2. The summed E-state index contributed by atoms with van der Waals surface area (Å²) in [5.41, 5.74) is 10.6. The fraction of sp³-hybridized carbons (Fsp3) is 0.167. The Morgan fingerprint density at radius 3 is 2.55 bits per heavy atom. The maximum atomic E-state index is 13.0. The van der Waals surface area contributed by atoms with Crippen LogP contribution >= 0.6 is 0 Å². The number of para-hydroxylation sites is 1. The quantitative estimate of drug-likeness (QED) is 0.454. The second-order valence-electron chi connectivity index (χ2n) is 7.40. The van der Waals surface area contributed by atoms with E-state index in [9.17, 15) is 4.79 Å². The fourth-order valence-electron chi connectivity index (χ4n) is 4.21. The molecular formula is C24H22N4O. The number of benzene rings is 3. The largest absolute Gasteiger partial charge is 0.344 e. The van der Waals surface area contributed by atoms with Gasteiger partial charge in [-0.3, -0.25) is 4.79 Å². The van der Waals surface area contributed by atoms with E-state index in [4.69, 9.17) is 10.7 Å². The molecule has 0 bridgehead atoms. The summed E-state index contributed by atoms with van der Waals surface area (Å²) < 4.78 is 2.24. The number of aromatic amines is 1. The van der Waals surface area contributed by atoms with Gasteiger partial charge in [0, 0.05) is 28.7 Å². The van der Waals surface area contributed by atoms with E-state index in [1.165, 1.54) is 0 Å². The van der Waals surface area contributed by atoms with Gasteiger partial charge >= 0.3 is 0 Å². The first-order chi connectivity index (χ1) is 14.2. The molecule has 0 saturated carbocycles. The Balaban J connectivity index is 1.80. The van der Waals surface area contributed by atoms with Gasteiger partial charge in [0.1, 0.15) is 5.69 Å². The monoisotopic (exact) mass is 382 g/mol. The smallest absolute Gasteiger partial charge is 0.275 e. The molecule has 0 saturated heterocycles. The minimum atomic E-state index is -0.169. The lowest BCUT2D eigenvalue weighted by Gasteiger charge is -2.08. The predicted octanol–water partition coefficient (Wildman–Crippen LogP) is 4.36. The second-order valence-corrected chi connectivity index (χ2v) is 7.40. The zero-order valence-electron chi connectivity index (χ0n) is 16.3. The number of hydrogen-bond donors (Lipinski definition) is 2. The van der Waals surface area contributed by atoms with E-state index in [0.717, 1.165) is 56.9 Å². The lowest BCUT2D eigenvalue weighted by atomic mass is 10.1. The number of fused-ring (bicyclic) bond motifs is 3. The highest BCUT2D eigenvalue weighted by molar-refractivity contribution is 5.99. The van der Waals surface area contributed by atoms with Crippen molar-refractivity contribution in [3.63, 3.8) is 0 Å². The molecule has 5 nitrogen and oxygen atoms in total. The Morgan fingerprint density at radius 2 is 1.76 bits per heavy atom. The van der Waals surface area contributed by atoms with Crippen LogP contribution in [0, 0.1) is 6.92 Å². The van der Waals surface area contributed by atoms with Crippen molar-refractivity contribution >= 4 is 32.7 Å². The molecule has 0 aliphatic carbocycles. The summed E-state index contributed by atoms with van der Waals surface area (Å²) in [6.07, 6.45) is 0.881. The van der Waals surface area contributed by atoms with Gasteiger partial charge < -0.3 is 15.3 Å². The first-order valence-electron chi connectivity index (χ1n) is 9.88. The summed E-state index contributed by atoms with van der Waals surface area (Å²) in [6, 6.07) is 20.3. The van der Waals surface area contributed by atoms with Crippen molar-refractivity contribution in [2.24, 2.45) is 5.73 Å². The number of H-pyrrole nitrogens is 1. The van der Waals surface area contributed by atoms with Gasteiger partial charge in [-0.15, -0.1) is 0 Å². The molecule has 0 aliphatic heterocycles. The van der Waals surface area contributed by atoms with Gasteiger partial charge in [-0.1, -0.05) is 42.5 Å². The van der Waals surface area contributed by atoms with Gasteiger partial charge in [0.2, 0.25) is 0 Å². The fourth-order valence-corrected chi connectivity index (χ4v) is 4.21. The van der Waals surface area contributed by atoms with E-state index in [1.807, 2.05) is 42.5 Å². The summed E-state index contributed by atoms with van der Waals surface area (Å²) >= 11 is 0. The van der Waals surface area contributed by atoms with Crippen LogP contribution in [-0.4, -0.2) is 21.1 Å². The molecule has 2 aromatic heterocycles. The maximum absolute atomic E-state index is 13.0. The summed E-state index contributed by atoms with van der Waals surface area (Å²) in [5.74, 6) is 0. The number of aryl methyl sites for hydroxylation is 1. The summed E-state index contributed by atoms with van der Waals surface area (Å²) in [4.78, 5) is 20.9. The third kappa shape index (κ3) is 2.82. The van der Waals surface area contributed by atoms with Crippen LogP contribution in [0.5, 0.6) is 0 Å². The molecule has 5 heteroatoms. The average molecular weight is 382 g/mol. The molecule has 0 amide bonds. The number of hydrogen-bond acceptors (Lipinski definition) is 3. The van der Waals surface area contributed by atoms with Crippen LogP contribution < -0.4 is 11.3 Å². The number of rotatable bonds is 4. The third-order valence-corrected chi connectivity index (χ3v) is 5.61. The van der Waals surface area contributed by atoms with E-state index in [0.29, 0.717) is 12.2 Å². The molecule has 2 heterocycles. The predicted molar refractivity (Wildman–Crippen MR) is 119 cm³/mol. The molecule has 29 heavy (non-hydrogen) atoms. The zero-order chi connectivity index (χ0) is 20.0. The van der Waals surface area contributed by atoms with Crippen LogP contribution in [-0.2, 0) is 6.54 Å². The van der Waals surface area contributed by atoms with E-state index in [1.54, 1.807) is 0 Å². The van der Waals surface area contributed by atoms with Crippen molar-refractivity contribution in [2.75, 3.05) is 6.54 Å². The maximum Gasteiger partial charge on any atom is 0.275 e. The molecule has 0 radical (unpaired) electrons. The van der Waals surface area contributed by atoms with Gasteiger partial charge in [-0.2, -0.15) is 0 Å². The Labute approximate surface area is 167 Å². The Bertz CT molecular complexity index is 1430. The molecule has 144 valence electrons. The molecule has 5 rings (SSSR count). The van der Waals surface area contributed by atoms with Crippen LogP contribution in [0.2, 0.25) is 0 Å². The molecule has 0 aliphatic rings. The highest BCUT2D eigenvalue weighted by Gasteiger charge is 2.19. The lowest BCUT2D eigenvalue weighted by Crippen LogP contribution is -2.12. The van der Waals surface area contributed by atoms with Crippen LogP contribution in [0.3, 0.4) is 0 Å². The van der Waals surface area contributed by atoms with E-state index >= 15 is 0 Å². The molecule has 3 aromatic carbocycles. The zero-order valence-corrected chi connectivity index (χ0v) is 16.3. The Hall–Kier alpha value is -3.44. The van der Waals surface area contributed by atoms with Crippen molar-refractivity contribution in [2.45, 2.75) is 19.9 Å². The van der Waals surface area contributed by atoms with Crippen molar-refractivity contribution < 1.29 is 0 Å². The normalized spacial score (nSPS) is 11.7. The van der Waals surface area contributed by atoms with Crippen molar-refractivity contribution in [3.8, 4) is 11.3 Å². The van der Waals surface area contributed by atoms with Crippen LogP contribution in [0.1, 0.15) is 12.1 Å². The number of nitrogens with two attached hydrogens (primary N) is 1. The van der Waals surface area contributed by atoms with Gasteiger partial charge in [-0.25, -0.2) is 4.98 Å². The third-order valence-electron chi connectivity index (χ3n) is 5.61. The molecular weight excluding hydrogens is 360 g/mol. The standard InChI is InChI=1S/C24H22N4O/c1-15-22(18-9-4-5-10-21(18)28(15)12-6-11-25)23-24(29)27-20-14-17-8-3-2-7-16(17)13-19(20)26-23/h2-5,7-10,13-14H,6,11-12,25H2,1H3,(H,27,29). The van der Waals surface area contributed by atoms with Crippen molar-refractivity contribution in [3.05, 3.63) is 76.7 Å². The minimum absolute atomic E-state index is 0.169. The van der Waals surface area contributed by atoms with Crippen molar-refractivity contribution in [1.82, 2.24) is 14.5 Å². The summed E-state index contributed by atoms with van der Waals surface area (Å²) in [6.45, 7) is 3.50. The number of aromatic nitrogens is 3. The highest BCUT2D eigenvalue weighted by atomic mass is 16.1. The highest BCUT2D eigenvalue weighted by Crippen LogP contribution is 2.33. The van der Waals surface area contributed by atoms with Gasteiger partial charge in [0.15, 0.2) is 0 Å². The van der Waals surface area contributed by atoms with Gasteiger partial charge in [0.25, 0.3) is 5.56 Å². The van der Waals surface area contributed by atoms with Crippen LogP contribution in [0.25, 0.3) is 44.0 Å². The van der Waals surface area contributed by atoms with Crippen molar-refractivity contribution in [1.29, 1.82) is 0 Å². The van der Waals surface area contributed by atoms with Crippen LogP contribution in [0.4, 0.5) is 0 Å². The molecule has 0 atom stereocenters. The Kier molecular flexibility index (Phi) is 4.18. The van der Waals surface area contributed by atoms with E-state index < -0.39 is 0 Å². The van der Waals surface area contributed by atoms with Gasteiger partial charge in [-0.05, 0) is 48.9 Å². The molecule has 0 fully saturated rings. The summed E-state index contributed by atoms with van der Waals surface area (Å²) in [5, 5.41) is 3.23. The minimum Gasteiger partial charge on any atom is -0.344 e. The SMILES string of the molecule is Cc1c(-c2nc3cc4ccccc4cc3[nH]c2=O)c2ccccc2n1CCCN. The van der Waals surface area contributed by atoms with Crippen LogP contribution in [0.15, 0.2) is 65.5 Å². The lowest BCUT2D eigenvalue weighted by molar-refractivity contribution is 0.657. The number of nitrogens with one attached hydrogen (secondary N) is 1. The second kappa shape index (κ2) is 6.87. The molecule has 3 N–H and O–H groups in total. The van der Waals surface area contributed by atoms with E-state index in [-0.39, 0.29) is 5.56 Å². The van der Waals surface area contributed by atoms with E-state index in [2.05, 4.69) is 34.7 Å². The van der Waals surface area contributed by atoms with Gasteiger partial charge in [0.05, 0.1) is 11.0 Å². The topological polar surface area (TPSA) is 76.7 Å². The first-order valence-corrected chi connectivity index (χ1v) is 9.88. The summed E-state index contributed by atoms with van der Waals surface area (Å²) in [7, 11) is 0. The first kappa shape index (κ1) is 17.6. The molecule has 5 aromatic rings. The average Bonchev–Trinajstić information content (AvgIpc) is 3.01. The molecule has 0 unspecified atom stereocenters. The molecule has 0 spiro atoms.